The quantitative estimate of drug-likeness (QED) is 0.396. The van der Waals surface area contributed by atoms with E-state index in [2.05, 4.69) is 15.2 Å². The first-order valence-corrected chi connectivity index (χ1v) is 9.55. The molecule has 4 aromatic rings. The molecule has 0 spiro atoms. The van der Waals surface area contributed by atoms with Crippen LogP contribution < -0.4 is 9.47 Å². The number of hydrogen-bond donors (Lipinski definition) is 2. The van der Waals surface area contributed by atoms with Crippen molar-refractivity contribution in [2.24, 2.45) is 0 Å². The number of aromatic nitrogens is 5. The predicted octanol–water partition coefficient (Wildman–Crippen LogP) is 1.97. The average molecular weight is 408 g/mol. The van der Waals surface area contributed by atoms with Crippen LogP contribution in [0.2, 0.25) is 0 Å². The zero-order valence-electron chi connectivity index (χ0n) is 16.2. The summed E-state index contributed by atoms with van der Waals surface area (Å²) in [6.45, 7) is 1.93. The highest BCUT2D eigenvalue weighted by atomic mass is 19.1. The maximum atomic E-state index is 14.5. The summed E-state index contributed by atoms with van der Waals surface area (Å²) in [5, 5.41) is 28.4. The molecule has 0 aliphatic carbocycles. The molecule has 9 heteroatoms. The van der Waals surface area contributed by atoms with Crippen molar-refractivity contribution in [1.29, 1.82) is 0 Å². The van der Waals surface area contributed by atoms with Gasteiger partial charge in [0.2, 0.25) is 11.9 Å². The van der Waals surface area contributed by atoms with Gasteiger partial charge >= 0.3 is 0 Å². The van der Waals surface area contributed by atoms with E-state index in [0.29, 0.717) is 46.9 Å². The van der Waals surface area contributed by atoms with Crippen LogP contribution >= 0.6 is 0 Å². The lowest BCUT2D eigenvalue weighted by molar-refractivity contribution is -0.908. The number of aryl methyl sites for hydroxylation is 1. The van der Waals surface area contributed by atoms with Crippen LogP contribution in [0.3, 0.4) is 0 Å². The molecule has 1 aliphatic rings. The van der Waals surface area contributed by atoms with E-state index in [9.17, 15) is 14.7 Å². The van der Waals surface area contributed by atoms with Crippen molar-refractivity contribution in [3.05, 3.63) is 71.4 Å². The highest BCUT2D eigenvalue weighted by molar-refractivity contribution is 5.77. The Balaban J connectivity index is 1.52. The molecule has 3 aromatic heterocycles. The second-order valence-corrected chi connectivity index (χ2v) is 7.23. The molecule has 0 saturated heterocycles. The molecule has 0 fully saturated rings. The molecule has 0 saturated carbocycles. The smallest absolute Gasteiger partial charge is 0.239 e. The van der Waals surface area contributed by atoms with Crippen LogP contribution in [0.15, 0.2) is 43.0 Å². The van der Waals surface area contributed by atoms with Gasteiger partial charge in [-0.2, -0.15) is 0 Å². The first-order chi connectivity index (χ1) is 14.5. The van der Waals surface area contributed by atoms with Crippen LogP contribution in [0.4, 0.5) is 4.39 Å². The first kappa shape index (κ1) is 18.4. The molecule has 0 amide bonds. The Morgan fingerprint density at radius 3 is 3.00 bits per heavy atom. The molecule has 4 heterocycles. The summed E-state index contributed by atoms with van der Waals surface area (Å²) in [5.74, 6) is 0.811. The van der Waals surface area contributed by atoms with Crippen molar-refractivity contribution in [1.82, 2.24) is 19.6 Å². The van der Waals surface area contributed by atoms with Gasteiger partial charge in [0.25, 0.3) is 0 Å². The standard InChI is InChI=1S/C21H19FN5O3/c1-12-13(3-2-8-27(12)29)15-9-23-19(26-11-24-25-21(15)26)7-4-14-16(22)5-6-18-20(14)17(28)10-30-18/h2-3,5-6,8-9,11,17,28-29H,4,7,10H2,1H3/q+1. The second kappa shape index (κ2) is 7.03. The summed E-state index contributed by atoms with van der Waals surface area (Å²) in [6.07, 6.45) is 4.73. The van der Waals surface area contributed by atoms with E-state index in [4.69, 9.17) is 4.74 Å². The Morgan fingerprint density at radius 2 is 2.13 bits per heavy atom. The van der Waals surface area contributed by atoms with Gasteiger partial charge in [-0.25, -0.2) is 9.37 Å². The normalized spacial score (nSPS) is 15.4. The number of aliphatic hydroxyl groups excluding tert-OH is 1. The van der Waals surface area contributed by atoms with Gasteiger partial charge in [0.15, 0.2) is 5.65 Å². The lowest BCUT2D eigenvalue weighted by Crippen LogP contribution is -2.33. The highest BCUT2D eigenvalue weighted by Gasteiger charge is 2.27. The Labute approximate surface area is 170 Å². The Hall–Kier alpha value is -3.59. The Kier molecular flexibility index (Phi) is 4.32. The van der Waals surface area contributed by atoms with Crippen LogP contribution in [0.5, 0.6) is 5.75 Å². The van der Waals surface area contributed by atoms with Gasteiger partial charge in [-0.05, 0) is 30.2 Å². The third-order valence-electron chi connectivity index (χ3n) is 5.51. The molecule has 152 valence electrons. The van der Waals surface area contributed by atoms with Gasteiger partial charge < -0.3 is 9.84 Å². The summed E-state index contributed by atoms with van der Waals surface area (Å²) in [6, 6.07) is 6.51. The van der Waals surface area contributed by atoms with Gasteiger partial charge in [0, 0.05) is 35.9 Å². The van der Waals surface area contributed by atoms with Crippen molar-refractivity contribution in [3.63, 3.8) is 0 Å². The lowest BCUT2D eigenvalue weighted by atomic mass is 9.98. The molecule has 0 radical (unpaired) electrons. The summed E-state index contributed by atoms with van der Waals surface area (Å²) in [7, 11) is 0. The minimum absolute atomic E-state index is 0.135. The van der Waals surface area contributed by atoms with E-state index in [-0.39, 0.29) is 12.4 Å². The monoisotopic (exact) mass is 408 g/mol. The number of pyridine rings is 1. The third kappa shape index (κ3) is 2.86. The van der Waals surface area contributed by atoms with Crippen LogP contribution in [-0.4, -0.2) is 36.5 Å². The van der Waals surface area contributed by atoms with Gasteiger partial charge in [-0.3, -0.25) is 9.61 Å². The Morgan fingerprint density at radius 1 is 1.27 bits per heavy atom. The number of fused-ring (bicyclic) bond motifs is 2. The van der Waals surface area contributed by atoms with Gasteiger partial charge in [-0.15, -0.1) is 10.2 Å². The first-order valence-electron chi connectivity index (χ1n) is 9.55. The van der Waals surface area contributed by atoms with Crippen LogP contribution in [0.1, 0.15) is 28.7 Å². The highest BCUT2D eigenvalue weighted by Crippen LogP contribution is 2.37. The molecule has 1 atom stereocenters. The zero-order valence-corrected chi connectivity index (χ0v) is 16.2. The van der Waals surface area contributed by atoms with Gasteiger partial charge in [0.1, 0.15) is 36.4 Å². The van der Waals surface area contributed by atoms with Crippen molar-refractivity contribution in [3.8, 4) is 16.9 Å². The fourth-order valence-corrected chi connectivity index (χ4v) is 3.95. The lowest BCUT2D eigenvalue weighted by Gasteiger charge is -2.12. The number of aliphatic hydroxyl groups is 1. The second-order valence-electron chi connectivity index (χ2n) is 7.23. The molecular weight excluding hydrogens is 389 g/mol. The predicted molar refractivity (Wildman–Crippen MR) is 103 cm³/mol. The van der Waals surface area contributed by atoms with Crippen molar-refractivity contribution >= 4 is 5.65 Å². The minimum atomic E-state index is -0.831. The maximum absolute atomic E-state index is 14.5. The third-order valence-corrected chi connectivity index (χ3v) is 5.51. The number of halogens is 1. The fourth-order valence-electron chi connectivity index (χ4n) is 3.95. The van der Waals surface area contributed by atoms with Crippen LogP contribution in [-0.2, 0) is 12.8 Å². The topological polar surface area (TPSA) is 96.7 Å². The largest absolute Gasteiger partial charge is 0.490 e. The van der Waals surface area contributed by atoms with E-state index in [1.807, 2.05) is 6.07 Å². The summed E-state index contributed by atoms with van der Waals surface area (Å²) in [4.78, 5) is 4.56. The van der Waals surface area contributed by atoms with Crippen molar-refractivity contribution in [2.75, 3.05) is 6.61 Å². The number of nitrogens with zero attached hydrogens (tertiary/aromatic N) is 5. The van der Waals surface area contributed by atoms with Crippen LogP contribution in [0.25, 0.3) is 16.8 Å². The Bertz CT molecular complexity index is 1270. The summed E-state index contributed by atoms with van der Waals surface area (Å²) >= 11 is 0. The molecule has 2 N–H and O–H groups in total. The summed E-state index contributed by atoms with van der Waals surface area (Å²) < 4.78 is 22.7. The molecular formula is C21H19FN5O3+. The SMILES string of the molecule is Cc1c(-c2cnc(CCc3c(F)ccc4c3C(O)CO4)n3cnnc23)ccc[n+]1O. The van der Waals surface area contributed by atoms with E-state index in [0.717, 1.165) is 15.9 Å². The fraction of sp³-hybridized carbons (Fsp3) is 0.238. The van der Waals surface area contributed by atoms with E-state index >= 15 is 0 Å². The zero-order chi connectivity index (χ0) is 20.8. The maximum Gasteiger partial charge on any atom is 0.239 e. The molecule has 1 aromatic carbocycles. The van der Waals surface area contributed by atoms with E-state index in [1.165, 1.54) is 6.07 Å². The average Bonchev–Trinajstić information content (AvgIpc) is 3.37. The molecule has 0 bridgehead atoms. The molecule has 8 nitrogen and oxygen atoms in total. The minimum Gasteiger partial charge on any atom is -0.490 e. The number of benzene rings is 1. The van der Waals surface area contributed by atoms with E-state index < -0.39 is 6.10 Å². The number of rotatable bonds is 4. The number of ether oxygens (including phenoxy) is 1. The number of hydrogen-bond acceptors (Lipinski definition) is 6. The molecule has 1 unspecified atom stereocenters. The van der Waals surface area contributed by atoms with Crippen molar-refractivity contribution in [2.45, 2.75) is 25.9 Å². The summed E-state index contributed by atoms with van der Waals surface area (Å²) in [5.41, 5.74) is 3.70. The van der Waals surface area contributed by atoms with E-state index in [1.54, 1.807) is 42.2 Å². The molecule has 1 aliphatic heterocycles. The van der Waals surface area contributed by atoms with Gasteiger partial charge in [-0.1, -0.05) is 0 Å². The van der Waals surface area contributed by atoms with Gasteiger partial charge in [0.05, 0.1) is 11.1 Å². The molecule has 5 rings (SSSR count). The van der Waals surface area contributed by atoms with Crippen molar-refractivity contribution < 1.29 is 24.2 Å². The molecule has 30 heavy (non-hydrogen) atoms. The van der Waals surface area contributed by atoms with Crippen LogP contribution in [0, 0.1) is 12.7 Å².